The van der Waals surface area contributed by atoms with Crippen LogP contribution in [0.15, 0.2) is 72.8 Å². The molecule has 0 aliphatic heterocycles. The molecule has 138 valence electrons. The van der Waals surface area contributed by atoms with E-state index in [9.17, 15) is 15.0 Å². The molecule has 0 fully saturated rings. The van der Waals surface area contributed by atoms with Gasteiger partial charge in [-0.1, -0.05) is 62.4 Å². The number of hydrogen-bond acceptors (Lipinski definition) is 3. The van der Waals surface area contributed by atoms with Crippen LogP contribution in [0.25, 0.3) is 0 Å². The second-order valence-electron chi connectivity index (χ2n) is 6.96. The van der Waals surface area contributed by atoms with E-state index in [0.717, 1.165) is 22.4 Å². The molecule has 3 aromatic carbocycles. The number of aromatic hydroxyl groups is 1. The molecule has 0 aromatic heterocycles. The van der Waals surface area contributed by atoms with Crippen LogP contribution in [0, 0.1) is 0 Å². The molecule has 0 bridgehead atoms. The van der Waals surface area contributed by atoms with Crippen LogP contribution >= 0.6 is 0 Å². The van der Waals surface area contributed by atoms with Crippen LogP contribution in [0.4, 0.5) is 0 Å². The molecule has 4 nitrogen and oxygen atoms in total. The van der Waals surface area contributed by atoms with Gasteiger partial charge >= 0.3 is 5.97 Å². The van der Waals surface area contributed by atoms with E-state index < -0.39 is 11.4 Å². The number of phenols is 1. The van der Waals surface area contributed by atoms with E-state index in [2.05, 4.69) is 0 Å². The third kappa shape index (κ3) is 4.11. The van der Waals surface area contributed by atoms with Crippen molar-refractivity contribution < 1.29 is 19.7 Å². The predicted octanol–water partition coefficient (Wildman–Crippen LogP) is 5.00. The summed E-state index contributed by atoms with van der Waals surface area (Å²) in [5.41, 5.74) is 2.43. The molecule has 0 heterocycles. The maximum absolute atomic E-state index is 11.3. The number of aromatic carboxylic acids is 1. The van der Waals surface area contributed by atoms with E-state index in [1.807, 2.05) is 68.4 Å². The maximum Gasteiger partial charge on any atom is 0.339 e. The second kappa shape index (κ2) is 7.54. The molecule has 0 unspecified atom stereocenters. The zero-order chi connectivity index (χ0) is 19.4. The van der Waals surface area contributed by atoms with Crippen LogP contribution in [-0.4, -0.2) is 16.2 Å². The van der Waals surface area contributed by atoms with Crippen molar-refractivity contribution in [3.05, 3.63) is 95.1 Å². The summed E-state index contributed by atoms with van der Waals surface area (Å²) in [7, 11) is 0. The molecule has 4 heteroatoms. The normalized spacial score (nSPS) is 11.2. The highest BCUT2D eigenvalue weighted by molar-refractivity contribution is 5.91. The largest absolute Gasteiger partial charge is 0.507 e. The average molecular weight is 362 g/mol. The number of benzene rings is 3. The molecule has 3 rings (SSSR count). The Hall–Kier alpha value is -3.27. The minimum atomic E-state index is -1.14. The fourth-order valence-electron chi connectivity index (χ4n) is 2.97. The summed E-state index contributed by atoms with van der Waals surface area (Å²) in [4.78, 5) is 11.3. The molecule has 27 heavy (non-hydrogen) atoms. The number of carbonyl (C=O) groups is 1. The van der Waals surface area contributed by atoms with Gasteiger partial charge in [0.1, 0.15) is 23.7 Å². The van der Waals surface area contributed by atoms with Crippen LogP contribution in [0.1, 0.15) is 40.9 Å². The average Bonchev–Trinajstić information content (AvgIpc) is 2.67. The summed E-state index contributed by atoms with van der Waals surface area (Å²) in [6, 6.07) is 22.5. The van der Waals surface area contributed by atoms with Crippen molar-refractivity contribution in [3.8, 4) is 11.5 Å². The number of hydrogen-bond donors (Lipinski definition) is 2. The lowest BCUT2D eigenvalue weighted by Gasteiger charge is -2.27. The quantitative estimate of drug-likeness (QED) is 0.648. The standard InChI is InChI=1S/C23H22O4/c1-23(2,18-10-13-21(24)20(14-18)22(25)26)17-8-11-19(12-9-17)27-15-16-6-4-3-5-7-16/h3-14,24H,15H2,1-2H3,(H,25,26). The monoisotopic (exact) mass is 362 g/mol. The van der Waals surface area contributed by atoms with Crippen LogP contribution in [0.3, 0.4) is 0 Å². The summed E-state index contributed by atoms with van der Waals surface area (Å²) < 4.78 is 5.82. The first kappa shape index (κ1) is 18.5. The van der Waals surface area contributed by atoms with Crippen molar-refractivity contribution in [2.45, 2.75) is 25.9 Å². The van der Waals surface area contributed by atoms with Gasteiger partial charge in [-0.15, -0.1) is 0 Å². The van der Waals surface area contributed by atoms with Crippen molar-refractivity contribution in [3.63, 3.8) is 0 Å². The van der Waals surface area contributed by atoms with E-state index in [4.69, 9.17) is 4.74 Å². The Labute approximate surface area is 158 Å². The molecule has 0 aliphatic rings. The molecule has 0 aliphatic carbocycles. The van der Waals surface area contributed by atoms with Crippen molar-refractivity contribution in [1.29, 1.82) is 0 Å². The molecule has 0 saturated heterocycles. The Kier molecular flexibility index (Phi) is 5.17. The number of carboxylic acids is 1. The topological polar surface area (TPSA) is 66.8 Å². The Morgan fingerprint density at radius 3 is 2.19 bits per heavy atom. The second-order valence-corrected chi connectivity index (χ2v) is 6.96. The highest BCUT2D eigenvalue weighted by Gasteiger charge is 2.25. The molecule has 0 saturated carbocycles. The smallest absolute Gasteiger partial charge is 0.339 e. The van der Waals surface area contributed by atoms with E-state index in [1.165, 1.54) is 12.1 Å². The van der Waals surface area contributed by atoms with Crippen molar-refractivity contribution in [2.75, 3.05) is 0 Å². The van der Waals surface area contributed by atoms with Gasteiger partial charge in [0, 0.05) is 5.41 Å². The maximum atomic E-state index is 11.3. The summed E-state index contributed by atoms with van der Waals surface area (Å²) in [6.45, 7) is 4.54. The first-order valence-electron chi connectivity index (χ1n) is 8.72. The van der Waals surface area contributed by atoms with E-state index in [0.29, 0.717) is 6.61 Å². The Morgan fingerprint density at radius 1 is 0.926 bits per heavy atom. The number of carboxylic acid groups (broad SMARTS) is 1. The summed E-state index contributed by atoms with van der Waals surface area (Å²) >= 11 is 0. The third-order valence-electron chi connectivity index (χ3n) is 4.77. The zero-order valence-corrected chi connectivity index (χ0v) is 15.3. The molecule has 0 radical (unpaired) electrons. The van der Waals surface area contributed by atoms with Crippen LogP contribution in [0.2, 0.25) is 0 Å². The summed E-state index contributed by atoms with van der Waals surface area (Å²) in [6.07, 6.45) is 0. The fourth-order valence-corrected chi connectivity index (χ4v) is 2.97. The van der Waals surface area contributed by atoms with Crippen molar-refractivity contribution in [1.82, 2.24) is 0 Å². The Morgan fingerprint density at radius 2 is 1.56 bits per heavy atom. The first-order valence-corrected chi connectivity index (χ1v) is 8.72. The van der Waals surface area contributed by atoms with Gasteiger partial charge in [0.15, 0.2) is 0 Å². The Bertz CT molecular complexity index is 928. The van der Waals surface area contributed by atoms with Gasteiger partial charge in [-0.2, -0.15) is 0 Å². The van der Waals surface area contributed by atoms with Crippen LogP contribution in [-0.2, 0) is 12.0 Å². The lowest BCUT2D eigenvalue weighted by Crippen LogP contribution is -2.19. The third-order valence-corrected chi connectivity index (χ3v) is 4.77. The van der Waals surface area contributed by atoms with E-state index >= 15 is 0 Å². The highest BCUT2D eigenvalue weighted by atomic mass is 16.5. The van der Waals surface area contributed by atoms with Gasteiger partial charge < -0.3 is 14.9 Å². The molecule has 2 N–H and O–H groups in total. The molecular weight excluding hydrogens is 340 g/mol. The zero-order valence-electron chi connectivity index (χ0n) is 15.3. The van der Waals surface area contributed by atoms with Crippen LogP contribution < -0.4 is 4.74 Å². The van der Waals surface area contributed by atoms with Crippen molar-refractivity contribution >= 4 is 5.97 Å². The molecule has 0 atom stereocenters. The Balaban J connectivity index is 1.79. The summed E-state index contributed by atoms with van der Waals surface area (Å²) in [5, 5.41) is 19.0. The van der Waals surface area contributed by atoms with Gasteiger partial charge in [-0.25, -0.2) is 4.79 Å². The fraction of sp³-hybridized carbons (Fsp3) is 0.174. The summed E-state index contributed by atoms with van der Waals surface area (Å²) in [5.74, 6) is -0.600. The van der Waals surface area contributed by atoms with Gasteiger partial charge in [0.2, 0.25) is 0 Å². The van der Waals surface area contributed by atoms with Gasteiger partial charge in [0.25, 0.3) is 0 Å². The van der Waals surface area contributed by atoms with Gasteiger partial charge in [-0.3, -0.25) is 0 Å². The van der Waals surface area contributed by atoms with Crippen molar-refractivity contribution in [2.24, 2.45) is 0 Å². The highest BCUT2D eigenvalue weighted by Crippen LogP contribution is 2.34. The van der Waals surface area contributed by atoms with Gasteiger partial charge in [0.05, 0.1) is 0 Å². The molecule has 0 amide bonds. The minimum Gasteiger partial charge on any atom is -0.507 e. The molecule has 0 spiro atoms. The number of rotatable bonds is 6. The minimum absolute atomic E-state index is 0.0941. The molecular formula is C23H22O4. The lowest BCUT2D eigenvalue weighted by atomic mass is 9.77. The number of ether oxygens (including phenoxy) is 1. The first-order chi connectivity index (χ1) is 12.9. The molecule has 3 aromatic rings. The van der Waals surface area contributed by atoms with Crippen LogP contribution in [0.5, 0.6) is 11.5 Å². The van der Waals surface area contributed by atoms with Gasteiger partial charge in [-0.05, 0) is 41.0 Å². The lowest BCUT2D eigenvalue weighted by molar-refractivity contribution is 0.0693. The SMILES string of the molecule is CC(C)(c1ccc(OCc2ccccc2)cc1)c1ccc(O)c(C(=O)O)c1. The van der Waals surface area contributed by atoms with E-state index in [-0.39, 0.29) is 11.3 Å². The predicted molar refractivity (Wildman–Crippen MR) is 104 cm³/mol. The van der Waals surface area contributed by atoms with E-state index in [1.54, 1.807) is 6.07 Å².